The average molecular weight is 374 g/mol. The maximum absolute atomic E-state index is 12.5. The van der Waals surface area contributed by atoms with Crippen molar-refractivity contribution >= 4 is 56.0 Å². The van der Waals surface area contributed by atoms with Gasteiger partial charge in [0.05, 0.1) is 16.8 Å². The van der Waals surface area contributed by atoms with E-state index in [1.54, 1.807) is 30.3 Å². The highest BCUT2D eigenvalue weighted by Crippen LogP contribution is 2.29. The second kappa shape index (κ2) is 6.34. The van der Waals surface area contributed by atoms with Gasteiger partial charge in [0, 0.05) is 16.3 Å². The zero-order valence-corrected chi connectivity index (χ0v) is 14.4. The summed E-state index contributed by atoms with van der Waals surface area (Å²) in [7, 11) is 0. The number of carbonyl (C=O) groups excluding carboxylic acids is 2. The minimum Gasteiger partial charge on any atom is -0.447 e. The molecule has 1 aliphatic heterocycles. The van der Waals surface area contributed by atoms with Gasteiger partial charge in [0.15, 0.2) is 5.13 Å². The van der Waals surface area contributed by atoms with Crippen LogP contribution in [0.3, 0.4) is 0 Å². The Hall–Kier alpha value is -2.64. The lowest BCUT2D eigenvalue weighted by molar-refractivity contribution is 0.102. The maximum atomic E-state index is 12.5. The van der Waals surface area contributed by atoms with Gasteiger partial charge in [-0.25, -0.2) is 9.78 Å². The number of nitrogens with zero attached hydrogens (tertiary/aromatic N) is 2. The number of nitrogens with one attached hydrogen (secondary N) is 1. The second-order valence-corrected chi connectivity index (χ2v) is 6.87. The fourth-order valence-corrected chi connectivity index (χ4v) is 3.70. The molecule has 1 aromatic heterocycles. The molecule has 3 aromatic rings. The zero-order chi connectivity index (χ0) is 17.4. The van der Waals surface area contributed by atoms with Crippen LogP contribution >= 0.6 is 22.9 Å². The van der Waals surface area contributed by atoms with E-state index in [9.17, 15) is 9.59 Å². The molecule has 2 amide bonds. The molecule has 0 atom stereocenters. The van der Waals surface area contributed by atoms with Crippen LogP contribution in [-0.2, 0) is 4.74 Å². The lowest BCUT2D eigenvalue weighted by Crippen LogP contribution is -2.23. The number of aromatic nitrogens is 1. The van der Waals surface area contributed by atoms with Gasteiger partial charge in [0.2, 0.25) is 0 Å². The molecule has 0 aliphatic carbocycles. The number of rotatable bonds is 3. The van der Waals surface area contributed by atoms with Crippen LogP contribution in [0.5, 0.6) is 0 Å². The normalized spacial score (nSPS) is 14.0. The van der Waals surface area contributed by atoms with Crippen LogP contribution < -0.4 is 10.2 Å². The number of fused-ring (bicyclic) bond motifs is 1. The first-order chi connectivity index (χ1) is 12.1. The summed E-state index contributed by atoms with van der Waals surface area (Å²) in [6.45, 7) is 0.825. The Bertz CT molecular complexity index is 988. The van der Waals surface area contributed by atoms with E-state index in [1.807, 2.05) is 12.1 Å². The number of cyclic esters (lactones) is 1. The van der Waals surface area contributed by atoms with Gasteiger partial charge in [-0.15, -0.1) is 0 Å². The molecule has 1 aliphatic rings. The van der Waals surface area contributed by atoms with Gasteiger partial charge in [0.1, 0.15) is 6.61 Å². The molecule has 0 bridgehead atoms. The minimum absolute atomic E-state index is 0.292. The first-order valence-electron chi connectivity index (χ1n) is 7.52. The Labute approximate surface area is 152 Å². The fourth-order valence-electron chi connectivity index (χ4n) is 2.56. The lowest BCUT2D eigenvalue weighted by atomic mass is 10.2. The van der Waals surface area contributed by atoms with Crippen molar-refractivity contribution in [2.45, 2.75) is 0 Å². The summed E-state index contributed by atoms with van der Waals surface area (Å²) in [4.78, 5) is 30.0. The molecule has 6 nitrogen and oxygen atoms in total. The molecule has 8 heteroatoms. The highest BCUT2D eigenvalue weighted by Gasteiger charge is 2.24. The number of benzene rings is 2. The molecule has 0 saturated carbocycles. The summed E-state index contributed by atoms with van der Waals surface area (Å²) in [5.74, 6) is -0.292. The van der Waals surface area contributed by atoms with Gasteiger partial charge in [-0.2, -0.15) is 0 Å². The highest BCUT2D eigenvalue weighted by molar-refractivity contribution is 7.22. The lowest BCUT2D eigenvalue weighted by Gasteiger charge is -2.13. The van der Waals surface area contributed by atoms with Crippen LogP contribution in [0.25, 0.3) is 10.2 Å². The molecule has 0 radical (unpaired) electrons. The van der Waals surface area contributed by atoms with Gasteiger partial charge in [-0.3, -0.25) is 15.0 Å². The maximum Gasteiger partial charge on any atom is 0.414 e. The van der Waals surface area contributed by atoms with E-state index in [4.69, 9.17) is 16.3 Å². The monoisotopic (exact) mass is 373 g/mol. The van der Waals surface area contributed by atoms with Gasteiger partial charge in [-0.05, 0) is 36.4 Å². The fraction of sp³-hybridized carbons (Fsp3) is 0.118. The molecule has 4 rings (SSSR count). The molecule has 0 spiro atoms. The summed E-state index contributed by atoms with van der Waals surface area (Å²) in [5.41, 5.74) is 1.85. The molecular weight excluding hydrogens is 362 g/mol. The van der Waals surface area contributed by atoms with E-state index in [-0.39, 0.29) is 5.91 Å². The summed E-state index contributed by atoms with van der Waals surface area (Å²) in [6, 6.07) is 12.2. The van der Waals surface area contributed by atoms with Gasteiger partial charge in [-0.1, -0.05) is 29.0 Å². The van der Waals surface area contributed by atoms with E-state index in [1.165, 1.54) is 16.2 Å². The van der Waals surface area contributed by atoms with Crippen molar-refractivity contribution in [1.29, 1.82) is 0 Å². The largest absolute Gasteiger partial charge is 0.447 e. The van der Waals surface area contributed by atoms with E-state index < -0.39 is 6.09 Å². The molecular formula is C17H12ClN3O3S. The molecule has 2 heterocycles. The first-order valence-corrected chi connectivity index (χ1v) is 8.71. The van der Waals surface area contributed by atoms with Crippen LogP contribution in [0, 0.1) is 0 Å². The Morgan fingerprint density at radius 1 is 1.28 bits per heavy atom. The van der Waals surface area contributed by atoms with Crippen molar-refractivity contribution < 1.29 is 14.3 Å². The van der Waals surface area contributed by atoms with Crippen LogP contribution in [0.4, 0.5) is 15.6 Å². The number of amides is 2. The summed E-state index contributed by atoms with van der Waals surface area (Å²) in [6.07, 6.45) is -0.402. The third kappa shape index (κ3) is 3.16. The Kier molecular flexibility index (Phi) is 4.03. The van der Waals surface area contributed by atoms with Crippen molar-refractivity contribution in [3.63, 3.8) is 0 Å². The average Bonchev–Trinajstić information content (AvgIpc) is 3.20. The van der Waals surface area contributed by atoms with Gasteiger partial charge >= 0.3 is 6.09 Å². The highest BCUT2D eigenvalue weighted by atomic mass is 35.5. The van der Waals surface area contributed by atoms with Crippen LogP contribution in [-0.4, -0.2) is 30.1 Å². The molecule has 1 fully saturated rings. The number of thiazole rings is 1. The van der Waals surface area contributed by atoms with E-state index in [0.29, 0.717) is 34.6 Å². The Morgan fingerprint density at radius 3 is 2.96 bits per heavy atom. The Morgan fingerprint density at radius 2 is 2.16 bits per heavy atom. The van der Waals surface area contributed by atoms with Crippen molar-refractivity contribution in [2.75, 3.05) is 23.4 Å². The molecule has 1 saturated heterocycles. The molecule has 25 heavy (non-hydrogen) atoms. The van der Waals surface area contributed by atoms with Crippen molar-refractivity contribution in [1.82, 2.24) is 4.98 Å². The van der Waals surface area contributed by atoms with E-state index >= 15 is 0 Å². The molecule has 2 aromatic carbocycles. The van der Waals surface area contributed by atoms with Crippen molar-refractivity contribution in [3.8, 4) is 0 Å². The number of ether oxygens (including phenoxy) is 1. The number of hydrogen-bond acceptors (Lipinski definition) is 5. The quantitative estimate of drug-likeness (QED) is 0.748. The van der Waals surface area contributed by atoms with Gasteiger partial charge < -0.3 is 4.74 Å². The van der Waals surface area contributed by atoms with Crippen molar-refractivity contribution in [2.24, 2.45) is 0 Å². The van der Waals surface area contributed by atoms with Gasteiger partial charge in [0.25, 0.3) is 5.91 Å². The molecule has 1 N–H and O–H groups in total. The summed E-state index contributed by atoms with van der Waals surface area (Å²) in [5, 5.41) is 3.90. The standard InChI is InChI=1S/C17H12ClN3O3S/c18-11-4-5-13-14(9-11)25-16(19-13)20-15(22)10-2-1-3-12(8-10)21-6-7-24-17(21)23/h1-5,8-9H,6-7H2,(H,19,20,22). The van der Waals surface area contributed by atoms with Crippen LogP contribution in [0.2, 0.25) is 5.02 Å². The number of halogens is 1. The summed E-state index contributed by atoms with van der Waals surface area (Å²) < 4.78 is 5.83. The van der Waals surface area contributed by atoms with Crippen LogP contribution in [0.1, 0.15) is 10.4 Å². The predicted molar refractivity (Wildman–Crippen MR) is 97.7 cm³/mol. The van der Waals surface area contributed by atoms with Crippen LogP contribution in [0.15, 0.2) is 42.5 Å². The van der Waals surface area contributed by atoms with Crippen molar-refractivity contribution in [3.05, 3.63) is 53.1 Å². The smallest absolute Gasteiger partial charge is 0.414 e. The molecule has 0 unspecified atom stereocenters. The minimum atomic E-state index is -0.402. The van der Waals surface area contributed by atoms with E-state index in [0.717, 1.165) is 10.2 Å². The zero-order valence-electron chi connectivity index (χ0n) is 12.9. The van der Waals surface area contributed by atoms with E-state index in [2.05, 4.69) is 10.3 Å². The third-order valence-corrected chi connectivity index (χ3v) is 4.92. The Balaban J connectivity index is 1.56. The number of anilines is 2. The summed E-state index contributed by atoms with van der Waals surface area (Å²) >= 11 is 7.32. The predicted octanol–water partition coefficient (Wildman–Crippen LogP) is 4.16. The molecule has 126 valence electrons. The topological polar surface area (TPSA) is 71.5 Å². The first kappa shape index (κ1) is 15.9. The number of hydrogen-bond donors (Lipinski definition) is 1. The number of carbonyl (C=O) groups is 2. The third-order valence-electron chi connectivity index (χ3n) is 3.75. The second-order valence-electron chi connectivity index (χ2n) is 5.40. The SMILES string of the molecule is O=C(Nc1nc2ccc(Cl)cc2s1)c1cccc(N2CCOC2=O)c1.